The number of unbranched alkanes of at least 4 members (excludes halogenated alkanes) is 4. The van der Waals surface area contributed by atoms with Gasteiger partial charge in [0.05, 0.1) is 12.2 Å². The van der Waals surface area contributed by atoms with E-state index in [4.69, 9.17) is 9.84 Å². The summed E-state index contributed by atoms with van der Waals surface area (Å²) < 4.78 is 6.14. The Morgan fingerprint density at radius 3 is 2.38 bits per heavy atom. The van der Waals surface area contributed by atoms with Crippen molar-refractivity contribution in [1.82, 2.24) is 5.32 Å². The van der Waals surface area contributed by atoms with Gasteiger partial charge in [-0.25, -0.2) is 4.79 Å². The van der Waals surface area contributed by atoms with Crippen LogP contribution in [0.15, 0.2) is 42.5 Å². The number of aliphatic carboxylic acids is 1. The molecule has 0 aromatic heterocycles. The second-order valence-electron chi connectivity index (χ2n) is 10.8. The first kappa shape index (κ1) is 27.0. The first-order valence-corrected chi connectivity index (χ1v) is 14.1. The highest BCUT2D eigenvalue weighted by molar-refractivity contribution is 5.94. The second-order valence-corrected chi connectivity index (χ2v) is 10.8. The zero-order chi connectivity index (χ0) is 26.2. The molecule has 0 spiro atoms. The smallest absolute Gasteiger partial charge is 0.322 e. The molecule has 0 saturated heterocycles. The number of ether oxygens (including phenoxy) is 1. The van der Waals surface area contributed by atoms with Gasteiger partial charge in [0.25, 0.3) is 0 Å². The van der Waals surface area contributed by atoms with Crippen molar-refractivity contribution in [3.63, 3.8) is 0 Å². The average Bonchev–Trinajstić information content (AvgIpc) is 2.90. The third kappa shape index (κ3) is 7.27. The van der Waals surface area contributed by atoms with E-state index in [0.717, 1.165) is 61.1 Å². The van der Waals surface area contributed by atoms with Gasteiger partial charge in [0.15, 0.2) is 0 Å². The molecular weight excluding hydrogens is 464 g/mol. The number of urea groups is 1. The Labute approximate surface area is 221 Å². The van der Waals surface area contributed by atoms with Gasteiger partial charge < -0.3 is 15.2 Å². The van der Waals surface area contributed by atoms with Crippen LogP contribution in [0.1, 0.15) is 89.5 Å². The van der Waals surface area contributed by atoms with Gasteiger partial charge in [-0.15, -0.1) is 0 Å². The van der Waals surface area contributed by atoms with Crippen molar-refractivity contribution in [2.75, 3.05) is 18.0 Å². The lowest BCUT2D eigenvalue weighted by Crippen LogP contribution is -2.47. The van der Waals surface area contributed by atoms with Crippen LogP contribution in [0.25, 0.3) is 11.1 Å². The van der Waals surface area contributed by atoms with Crippen LogP contribution < -0.4 is 15.0 Å². The Balaban J connectivity index is 1.38. The molecular formula is C31H42N2O4. The molecule has 37 heavy (non-hydrogen) atoms. The van der Waals surface area contributed by atoms with E-state index < -0.39 is 5.97 Å². The molecule has 2 aromatic carbocycles. The standard InChI is InChI=1S/C31H42N2O4/c1-3-4-5-6-7-18-32-31(36)33-21-22(2)37-29-20-27(16-17-28(29)33)26-14-12-25(13-15-26)24-10-8-23(9-11-24)19-30(34)35/h12-17,20,22-24H,3-11,18-19,21H2,1-2H3,(H,32,36)(H,34,35)/t22?,23-,24-. The fourth-order valence-electron chi connectivity index (χ4n) is 5.73. The van der Waals surface area contributed by atoms with Crippen molar-refractivity contribution in [2.24, 2.45) is 5.92 Å². The molecule has 2 amide bonds. The Morgan fingerprint density at radius 1 is 0.973 bits per heavy atom. The Morgan fingerprint density at radius 2 is 1.68 bits per heavy atom. The molecule has 6 heteroatoms. The van der Waals surface area contributed by atoms with E-state index >= 15 is 0 Å². The Bertz CT molecular complexity index is 1040. The zero-order valence-electron chi connectivity index (χ0n) is 22.4. The number of carboxylic acid groups (broad SMARTS) is 1. The number of carbonyl (C=O) groups excluding carboxylic acids is 1. The molecule has 6 nitrogen and oxygen atoms in total. The molecule has 1 heterocycles. The Kier molecular flexibility index (Phi) is 9.48. The summed E-state index contributed by atoms with van der Waals surface area (Å²) in [6, 6.07) is 14.8. The summed E-state index contributed by atoms with van der Waals surface area (Å²) in [4.78, 5) is 25.8. The van der Waals surface area contributed by atoms with E-state index in [-0.39, 0.29) is 12.1 Å². The SMILES string of the molecule is CCCCCCCNC(=O)N1CC(C)Oc2cc(-c3ccc([C@H]4CC[C@H](CC(=O)O)CC4)cc3)ccc21. The van der Waals surface area contributed by atoms with Crippen molar-refractivity contribution in [3.8, 4) is 16.9 Å². The van der Waals surface area contributed by atoms with Gasteiger partial charge in [-0.05, 0) is 79.7 Å². The van der Waals surface area contributed by atoms with Crippen LogP contribution in [-0.4, -0.2) is 36.3 Å². The molecule has 1 aliphatic carbocycles. The first-order valence-electron chi connectivity index (χ1n) is 14.1. The van der Waals surface area contributed by atoms with Crippen LogP contribution in [0.3, 0.4) is 0 Å². The number of hydrogen-bond donors (Lipinski definition) is 2. The van der Waals surface area contributed by atoms with Crippen LogP contribution in [0, 0.1) is 5.92 Å². The van der Waals surface area contributed by atoms with Crippen molar-refractivity contribution in [3.05, 3.63) is 48.0 Å². The van der Waals surface area contributed by atoms with Gasteiger partial charge in [0, 0.05) is 13.0 Å². The molecule has 1 aliphatic heterocycles. The third-order valence-corrected chi connectivity index (χ3v) is 7.85. The van der Waals surface area contributed by atoms with Crippen LogP contribution >= 0.6 is 0 Å². The number of carboxylic acids is 1. The first-order chi connectivity index (χ1) is 17.9. The monoisotopic (exact) mass is 506 g/mol. The molecule has 1 fully saturated rings. The Hall–Kier alpha value is -3.02. The number of fused-ring (bicyclic) bond motifs is 1. The normalized spacial score (nSPS) is 21.1. The number of hydrogen-bond acceptors (Lipinski definition) is 3. The summed E-state index contributed by atoms with van der Waals surface area (Å²) in [7, 11) is 0. The summed E-state index contributed by atoms with van der Waals surface area (Å²) in [5.41, 5.74) is 4.34. The van der Waals surface area contributed by atoms with E-state index in [1.54, 1.807) is 0 Å². The fourth-order valence-corrected chi connectivity index (χ4v) is 5.73. The molecule has 0 bridgehead atoms. The summed E-state index contributed by atoms with van der Waals surface area (Å²) in [5, 5.41) is 12.1. The van der Waals surface area contributed by atoms with E-state index in [1.807, 2.05) is 24.0 Å². The van der Waals surface area contributed by atoms with E-state index in [2.05, 4.69) is 42.6 Å². The molecule has 4 rings (SSSR count). The van der Waals surface area contributed by atoms with Gasteiger partial charge >= 0.3 is 12.0 Å². The summed E-state index contributed by atoms with van der Waals surface area (Å²) >= 11 is 0. The minimum atomic E-state index is -0.683. The molecule has 1 unspecified atom stereocenters. The van der Waals surface area contributed by atoms with E-state index in [0.29, 0.717) is 31.3 Å². The number of nitrogens with zero attached hydrogens (tertiary/aromatic N) is 1. The number of amides is 2. The molecule has 2 aliphatic rings. The van der Waals surface area contributed by atoms with Crippen LogP contribution in [0.4, 0.5) is 10.5 Å². The lowest BCUT2D eigenvalue weighted by atomic mass is 9.77. The number of nitrogens with one attached hydrogen (secondary N) is 1. The van der Waals surface area contributed by atoms with E-state index in [9.17, 15) is 9.59 Å². The third-order valence-electron chi connectivity index (χ3n) is 7.85. The largest absolute Gasteiger partial charge is 0.487 e. The van der Waals surface area contributed by atoms with Crippen LogP contribution in [0.5, 0.6) is 5.75 Å². The predicted molar refractivity (Wildman–Crippen MR) is 148 cm³/mol. The lowest BCUT2D eigenvalue weighted by Gasteiger charge is -2.33. The lowest BCUT2D eigenvalue weighted by molar-refractivity contribution is -0.138. The minimum absolute atomic E-state index is 0.0536. The van der Waals surface area contributed by atoms with Crippen LogP contribution in [-0.2, 0) is 4.79 Å². The quantitative estimate of drug-likeness (QED) is 0.330. The van der Waals surface area contributed by atoms with Crippen molar-refractivity contribution in [1.29, 1.82) is 0 Å². The van der Waals surface area contributed by atoms with Gasteiger partial charge in [-0.1, -0.05) is 62.9 Å². The number of benzene rings is 2. The van der Waals surface area contributed by atoms with E-state index in [1.165, 1.54) is 24.8 Å². The average molecular weight is 507 g/mol. The predicted octanol–water partition coefficient (Wildman–Crippen LogP) is 7.37. The number of carbonyl (C=O) groups is 2. The van der Waals surface area contributed by atoms with Crippen LogP contribution in [0.2, 0.25) is 0 Å². The van der Waals surface area contributed by atoms with Gasteiger partial charge in [-0.3, -0.25) is 9.69 Å². The molecule has 2 N–H and O–H groups in total. The summed E-state index contributed by atoms with van der Waals surface area (Å²) in [6.07, 6.45) is 10.2. The van der Waals surface area contributed by atoms with Crippen molar-refractivity contribution in [2.45, 2.75) is 90.1 Å². The molecule has 2 aromatic rings. The molecule has 0 radical (unpaired) electrons. The molecule has 1 saturated carbocycles. The number of rotatable bonds is 10. The second kappa shape index (κ2) is 13.0. The maximum Gasteiger partial charge on any atom is 0.322 e. The van der Waals surface area contributed by atoms with Gasteiger partial charge in [0.2, 0.25) is 0 Å². The molecule has 200 valence electrons. The van der Waals surface area contributed by atoms with Gasteiger partial charge in [-0.2, -0.15) is 0 Å². The van der Waals surface area contributed by atoms with Gasteiger partial charge in [0.1, 0.15) is 11.9 Å². The zero-order valence-corrected chi connectivity index (χ0v) is 22.4. The molecule has 1 atom stereocenters. The van der Waals surface area contributed by atoms with Crippen molar-refractivity contribution < 1.29 is 19.4 Å². The highest BCUT2D eigenvalue weighted by Crippen LogP contribution is 2.39. The minimum Gasteiger partial charge on any atom is -0.487 e. The topological polar surface area (TPSA) is 78.9 Å². The highest BCUT2D eigenvalue weighted by Gasteiger charge is 2.28. The summed E-state index contributed by atoms with van der Waals surface area (Å²) in [6.45, 7) is 5.45. The maximum absolute atomic E-state index is 12.9. The van der Waals surface area contributed by atoms with Crippen molar-refractivity contribution >= 4 is 17.7 Å². The highest BCUT2D eigenvalue weighted by atomic mass is 16.5. The number of anilines is 1. The fraction of sp³-hybridized carbons (Fsp3) is 0.548. The summed E-state index contributed by atoms with van der Waals surface area (Å²) in [5.74, 6) is 0.886. The maximum atomic E-state index is 12.9.